The zero-order valence-electron chi connectivity index (χ0n) is 13.0. The second-order valence-electron chi connectivity index (χ2n) is 6.76. The van der Waals surface area contributed by atoms with Crippen LogP contribution in [0.5, 0.6) is 0 Å². The first kappa shape index (κ1) is 16.5. The van der Waals surface area contributed by atoms with Crippen molar-refractivity contribution >= 4 is 5.91 Å². The molecule has 2 unspecified atom stereocenters. The first-order chi connectivity index (χ1) is 9.02. The van der Waals surface area contributed by atoms with Crippen molar-refractivity contribution in [3.8, 4) is 0 Å². The van der Waals surface area contributed by atoms with Gasteiger partial charge in [-0.25, -0.2) is 0 Å². The lowest BCUT2D eigenvalue weighted by Gasteiger charge is -2.29. The van der Waals surface area contributed by atoms with Crippen LogP contribution in [0.15, 0.2) is 0 Å². The van der Waals surface area contributed by atoms with Gasteiger partial charge in [0, 0.05) is 13.0 Å². The van der Waals surface area contributed by atoms with Crippen LogP contribution in [0.2, 0.25) is 0 Å². The predicted octanol–water partition coefficient (Wildman–Crippen LogP) is 2.94. The van der Waals surface area contributed by atoms with Gasteiger partial charge in [0.15, 0.2) is 0 Å². The van der Waals surface area contributed by atoms with Crippen LogP contribution >= 0.6 is 0 Å². The van der Waals surface area contributed by atoms with E-state index in [1.807, 2.05) is 0 Å². The Labute approximate surface area is 118 Å². The Morgan fingerprint density at radius 2 is 2.00 bits per heavy atom. The number of rotatable bonds is 7. The molecule has 0 spiro atoms. The van der Waals surface area contributed by atoms with E-state index in [9.17, 15) is 4.79 Å². The molecule has 19 heavy (non-hydrogen) atoms. The highest BCUT2D eigenvalue weighted by atomic mass is 16.1. The molecule has 1 fully saturated rings. The van der Waals surface area contributed by atoms with Gasteiger partial charge in [-0.15, -0.1) is 0 Å². The predicted molar refractivity (Wildman–Crippen MR) is 80.7 cm³/mol. The lowest BCUT2D eigenvalue weighted by atomic mass is 9.80. The zero-order chi connectivity index (χ0) is 14.3. The molecule has 0 aromatic rings. The standard InChI is InChI=1S/C16H32N2O/c1-12(2)8-14(10-17)9-16(19)18-11-15-7-5-4-6-13(15)3/h12-15H,4-11,17H2,1-3H3,(H,18,19)/t13?,14-,15?/m0/s1. The van der Waals surface area contributed by atoms with E-state index in [1.54, 1.807) is 0 Å². The molecular weight excluding hydrogens is 236 g/mol. The molecule has 1 amide bonds. The van der Waals surface area contributed by atoms with E-state index in [-0.39, 0.29) is 5.91 Å². The van der Waals surface area contributed by atoms with Crippen molar-refractivity contribution in [3.05, 3.63) is 0 Å². The summed E-state index contributed by atoms with van der Waals surface area (Å²) in [4.78, 5) is 12.0. The van der Waals surface area contributed by atoms with Crippen LogP contribution in [0.4, 0.5) is 0 Å². The number of nitrogens with one attached hydrogen (secondary N) is 1. The van der Waals surface area contributed by atoms with Gasteiger partial charge < -0.3 is 11.1 Å². The fraction of sp³-hybridized carbons (Fsp3) is 0.938. The third-order valence-corrected chi connectivity index (χ3v) is 4.46. The van der Waals surface area contributed by atoms with Crippen LogP contribution in [0.25, 0.3) is 0 Å². The van der Waals surface area contributed by atoms with E-state index in [4.69, 9.17) is 5.73 Å². The molecule has 0 saturated heterocycles. The lowest BCUT2D eigenvalue weighted by Crippen LogP contribution is -2.35. The summed E-state index contributed by atoms with van der Waals surface area (Å²) in [6, 6.07) is 0. The third kappa shape index (κ3) is 6.42. The number of hydrogen-bond acceptors (Lipinski definition) is 2. The summed E-state index contributed by atoms with van der Waals surface area (Å²) in [6.45, 7) is 8.16. The average Bonchev–Trinajstić information content (AvgIpc) is 2.36. The van der Waals surface area contributed by atoms with Crippen LogP contribution in [0, 0.1) is 23.7 Å². The van der Waals surface area contributed by atoms with Crippen LogP contribution < -0.4 is 11.1 Å². The highest BCUT2D eigenvalue weighted by Gasteiger charge is 2.22. The Morgan fingerprint density at radius 1 is 1.32 bits per heavy atom. The number of carbonyl (C=O) groups excluding carboxylic acids is 1. The minimum absolute atomic E-state index is 0.189. The van der Waals surface area contributed by atoms with E-state index in [1.165, 1.54) is 25.7 Å². The third-order valence-electron chi connectivity index (χ3n) is 4.46. The maximum Gasteiger partial charge on any atom is 0.220 e. The molecule has 0 aromatic heterocycles. The molecule has 0 aliphatic heterocycles. The van der Waals surface area contributed by atoms with Crippen molar-refractivity contribution in [1.82, 2.24) is 5.32 Å². The number of carbonyl (C=O) groups is 1. The van der Waals surface area contributed by atoms with Gasteiger partial charge >= 0.3 is 0 Å². The molecule has 0 radical (unpaired) electrons. The molecule has 1 saturated carbocycles. The van der Waals surface area contributed by atoms with E-state index >= 15 is 0 Å². The highest BCUT2D eigenvalue weighted by Crippen LogP contribution is 2.28. The first-order valence-corrected chi connectivity index (χ1v) is 7.99. The molecule has 3 atom stereocenters. The molecule has 1 aliphatic carbocycles. The summed E-state index contributed by atoms with van der Waals surface area (Å²) in [7, 11) is 0. The molecule has 1 aliphatic rings. The van der Waals surface area contributed by atoms with Crippen molar-refractivity contribution in [2.45, 2.75) is 59.3 Å². The van der Waals surface area contributed by atoms with Crippen LogP contribution in [-0.4, -0.2) is 19.0 Å². The molecule has 0 aromatic carbocycles. The fourth-order valence-corrected chi connectivity index (χ4v) is 3.21. The summed E-state index contributed by atoms with van der Waals surface area (Å²) in [5, 5.41) is 3.13. The Morgan fingerprint density at radius 3 is 2.58 bits per heavy atom. The van der Waals surface area contributed by atoms with E-state index in [0.717, 1.165) is 18.9 Å². The van der Waals surface area contributed by atoms with Crippen molar-refractivity contribution in [1.29, 1.82) is 0 Å². The van der Waals surface area contributed by atoms with Gasteiger partial charge in [-0.1, -0.05) is 40.0 Å². The minimum atomic E-state index is 0.189. The Hall–Kier alpha value is -0.570. The first-order valence-electron chi connectivity index (χ1n) is 7.99. The summed E-state index contributed by atoms with van der Waals surface area (Å²) < 4.78 is 0. The van der Waals surface area contributed by atoms with Crippen LogP contribution in [0.3, 0.4) is 0 Å². The summed E-state index contributed by atoms with van der Waals surface area (Å²) in [5.41, 5.74) is 5.75. The Kier molecular flexibility index (Phi) is 7.44. The van der Waals surface area contributed by atoms with Crippen LogP contribution in [-0.2, 0) is 4.79 Å². The van der Waals surface area contributed by atoms with Crippen molar-refractivity contribution in [3.63, 3.8) is 0 Å². The molecule has 3 N–H and O–H groups in total. The quantitative estimate of drug-likeness (QED) is 0.746. The van der Waals surface area contributed by atoms with Crippen molar-refractivity contribution in [2.24, 2.45) is 29.4 Å². The molecule has 0 bridgehead atoms. The molecule has 1 rings (SSSR count). The molecule has 3 heteroatoms. The zero-order valence-corrected chi connectivity index (χ0v) is 13.0. The number of hydrogen-bond donors (Lipinski definition) is 2. The molecule has 112 valence electrons. The maximum absolute atomic E-state index is 12.0. The van der Waals surface area contributed by atoms with Crippen molar-refractivity contribution in [2.75, 3.05) is 13.1 Å². The highest BCUT2D eigenvalue weighted by molar-refractivity contribution is 5.76. The number of nitrogens with two attached hydrogens (primary N) is 1. The van der Waals surface area contributed by atoms with E-state index in [2.05, 4.69) is 26.1 Å². The van der Waals surface area contributed by atoms with E-state index < -0.39 is 0 Å². The number of amides is 1. The second kappa shape index (κ2) is 8.57. The fourth-order valence-electron chi connectivity index (χ4n) is 3.21. The van der Waals surface area contributed by atoms with E-state index in [0.29, 0.717) is 30.7 Å². The second-order valence-corrected chi connectivity index (χ2v) is 6.76. The van der Waals surface area contributed by atoms with Gasteiger partial charge in [-0.2, -0.15) is 0 Å². The van der Waals surface area contributed by atoms with Gasteiger partial charge in [-0.05, 0) is 43.1 Å². The Balaban J connectivity index is 2.26. The van der Waals surface area contributed by atoms with Crippen molar-refractivity contribution < 1.29 is 4.79 Å². The monoisotopic (exact) mass is 268 g/mol. The SMILES string of the molecule is CC(C)C[C@H](CN)CC(=O)NCC1CCCCC1C. The van der Waals surface area contributed by atoms with Gasteiger partial charge in [0.05, 0.1) is 0 Å². The minimum Gasteiger partial charge on any atom is -0.356 e. The Bertz CT molecular complexity index is 265. The largest absolute Gasteiger partial charge is 0.356 e. The molecule has 3 nitrogen and oxygen atoms in total. The van der Waals surface area contributed by atoms with Gasteiger partial charge in [0.1, 0.15) is 0 Å². The van der Waals surface area contributed by atoms with Gasteiger partial charge in [-0.3, -0.25) is 4.79 Å². The topological polar surface area (TPSA) is 55.1 Å². The average molecular weight is 268 g/mol. The van der Waals surface area contributed by atoms with Crippen LogP contribution in [0.1, 0.15) is 59.3 Å². The summed E-state index contributed by atoms with van der Waals surface area (Å²) >= 11 is 0. The normalized spacial score (nSPS) is 25.3. The summed E-state index contributed by atoms with van der Waals surface area (Å²) in [5.74, 6) is 2.58. The summed E-state index contributed by atoms with van der Waals surface area (Å²) in [6.07, 6.45) is 6.91. The van der Waals surface area contributed by atoms with Gasteiger partial charge in [0.25, 0.3) is 0 Å². The van der Waals surface area contributed by atoms with Gasteiger partial charge in [0.2, 0.25) is 5.91 Å². The lowest BCUT2D eigenvalue weighted by molar-refractivity contribution is -0.122. The molecule has 0 heterocycles. The maximum atomic E-state index is 12.0. The smallest absolute Gasteiger partial charge is 0.220 e. The molecular formula is C16H32N2O.